The van der Waals surface area contributed by atoms with Crippen molar-refractivity contribution in [2.45, 2.75) is 25.2 Å². The normalized spacial score (nSPS) is 15.6. The van der Waals surface area contributed by atoms with Crippen LogP contribution in [0.2, 0.25) is 0 Å². The number of likely N-dealkylation sites (tertiary alicyclic amines) is 1. The van der Waals surface area contributed by atoms with E-state index in [0.29, 0.717) is 12.3 Å². The Morgan fingerprint density at radius 3 is 2.48 bits per heavy atom. The number of benzene rings is 1. The molecule has 0 atom stereocenters. The number of thiophene rings is 1. The minimum Gasteiger partial charge on any atom is -0.342 e. The molecule has 0 bridgehead atoms. The van der Waals surface area contributed by atoms with Gasteiger partial charge >= 0.3 is 0 Å². The first-order valence-electron chi connectivity index (χ1n) is 7.66. The van der Waals surface area contributed by atoms with E-state index >= 15 is 0 Å². The zero-order chi connectivity index (χ0) is 16.2. The zero-order valence-corrected chi connectivity index (χ0v) is 13.5. The van der Waals surface area contributed by atoms with Crippen LogP contribution in [0.4, 0.5) is 5.69 Å². The zero-order valence-electron chi connectivity index (χ0n) is 12.7. The van der Waals surface area contributed by atoms with Crippen LogP contribution in [0.25, 0.3) is 0 Å². The van der Waals surface area contributed by atoms with Crippen molar-refractivity contribution in [1.82, 2.24) is 4.90 Å². The summed E-state index contributed by atoms with van der Waals surface area (Å²) >= 11 is 1.72. The largest absolute Gasteiger partial charge is 0.342 e. The number of carbonyl (C=O) groups excluding carboxylic acids is 1. The van der Waals surface area contributed by atoms with Gasteiger partial charge in [-0.15, -0.1) is 0 Å². The number of amides is 1. The summed E-state index contributed by atoms with van der Waals surface area (Å²) in [5.41, 5.74) is 2.26. The SMILES string of the molecule is O=C(Cc1ccc([N+](=O)[O-])cc1)N1CCC(c2ccsc2)CC1. The fourth-order valence-electron chi connectivity index (χ4n) is 2.99. The van der Waals surface area contributed by atoms with Gasteiger partial charge in [0.05, 0.1) is 11.3 Å². The molecule has 23 heavy (non-hydrogen) atoms. The number of non-ortho nitro benzene ring substituents is 1. The molecule has 1 aromatic heterocycles. The fourth-order valence-corrected chi connectivity index (χ4v) is 3.73. The Morgan fingerprint density at radius 2 is 1.91 bits per heavy atom. The minimum atomic E-state index is -0.430. The minimum absolute atomic E-state index is 0.0535. The van der Waals surface area contributed by atoms with Crippen molar-refractivity contribution < 1.29 is 9.72 Å². The number of nitrogens with zero attached hydrogens (tertiary/aromatic N) is 2. The van der Waals surface area contributed by atoms with E-state index in [2.05, 4.69) is 16.8 Å². The highest BCUT2D eigenvalue weighted by molar-refractivity contribution is 7.07. The molecular formula is C17H18N2O3S. The molecule has 0 aliphatic carbocycles. The number of carbonyl (C=O) groups is 1. The van der Waals surface area contributed by atoms with Crippen molar-refractivity contribution >= 4 is 22.9 Å². The summed E-state index contributed by atoms with van der Waals surface area (Å²) < 4.78 is 0. The molecule has 1 aliphatic heterocycles. The van der Waals surface area contributed by atoms with Gasteiger partial charge in [0.1, 0.15) is 0 Å². The fraction of sp³-hybridized carbons (Fsp3) is 0.353. The molecule has 1 fully saturated rings. The van der Waals surface area contributed by atoms with Gasteiger partial charge in [-0.1, -0.05) is 12.1 Å². The summed E-state index contributed by atoms with van der Waals surface area (Å²) in [6.07, 6.45) is 2.31. The van der Waals surface area contributed by atoms with Gasteiger partial charge in [0.2, 0.25) is 5.91 Å². The third-order valence-electron chi connectivity index (χ3n) is 4.36. The van der Waals surface area contributed by atoms with Crippen LogP contribution in [0.1, 0.15) is 29.9 Å². The topological polar surface area (TPSA) is 63.4 Å². The number of piperidine rings is 1. The molecule has 5 nitrogen and oxygen atoms in total. The molecule has 0 spiro atoms. The number of rotatable bonds is 4. The summed E-state index contributed by atoms with van der Waals surface area (Å²) in [6, 6.07) is 8.39. The summed E-state index contributed by atoms with van der Waals surface area (Å²) in [5, 5.41) is 14.9. The van der Waals surface area contributed by atoms with E-state index in [9.17, 15) is 14.9 Å². The first-order chi connectivity index (χ1) is 11.1. The van der Waals surface area contributed by atoms with E-state index in [1.54, 1.807) is 23.5 Å². The van der Waals surface area contributed by atoms with Crippen LogP contribution in [-0.2, 0) is 11.2 Å². The molecular weight excluding hydrogens is 312 g/mol. The van der Waals surface area contributed by atoms with Crippen LogP contribution in [-0.4, -0.2) is 28.8 Å². The summed E-state index contributed by atoms with van der Waals surface area (Å²) in [6.45, 7) is 1.57. The van der Waals surface area contributed by atoms with E-state index in [1.807, 2.05) is 4.90 Å². The lowest BCUT2D eigenvalue weighted by Gasteiger charge is -2.32. The van der Waals surface area contributed by atoms with Gasteiger partial charge in [0, 0.05) is 25.2 Å². The molecule has 120 valence electrons. The Bertz CT molecular complexity index is 674. The van der Waals surface area contributed by atoms with Crippen molar-refractivity contribution in [3.05, 3.63) is 62.3 Å². The Kier molecular flexibility index (Phi) is 4.71. The molecule has 1 aliphatic rings. The molecule has 6 heteroatoms. The van der Waals surface area contributed by atoms with Gasteiger partial charge in [-0.2, -0.15) is 11.3 Å². The van der Waals surface area contributed by atoms with Crippen LogP contribution in [0.15, 0.2) is 41.1 Å². The van der Waals surface area contributed by atoms with Gasteiger partial charge < -0.3 is 4.90 Å². The van der Waals surface area contributed by atoms with Gasteiger partial charge in [-0.05, 0) is 46.7 Å². The predicted octanol–water partition coefficient (Wildman–Crippen LogP) is 3.61. The second-order valence-electron chi connectivity index (χ2n) is 5.81. The highest BCUT2D eigenvalue weighted by Crippen LogP contribution is 2.29. The molecule has 1 amide bonds. The first kappa shape index (κ1) is 15.7. The average molecular weight is 330 g/mol. The number of hydrogen-bond donors (Lipinski definition) is 0. The monoisotopic (exact) mass is 330 g/mol. The van der Waals surface area contributed by atoms with Crippen molar-refractivity contribution in [3.63, 3.8) is 0 Å². The van der Waals surface area contributed by atoms with E-state index in [1.165, 1.54) is 17.7 Å². The number of nitro groups is 1. The van der Waals surface area contributed by atoms with Gasteiger partial charge in [0.15, 0.2) is 0 Å². The maximum absolute atomic E-state index is 12.4. The molecule has 1 aromatic carbocycles. The number of hydrogen-bond acceptors (Lipinski definition) is 4. The van der Waals surface area contributed by atoms with Crippen molar-refractivity contribution in [3.8, 4) is 0 Å². The molecule has 0 saturated carbocycles. The predicted molar refractivity (Wildman–Crippen MR) is 89.7 cm³/mol. The molecule has 0 N–H and O–H groups in total. The van der Waals surface area contributed by atoms with E-state index < -0.39 is 4.92 Å². The Morgan fingerprint density at radius 1 is 1.22 bits per heavy atom. The Balaban J connectivity index is 1.54. The smallest absolute Gasteiger partial charge is 0.269 e. The van der Waals surface area contributed by atoms with Crippen molar-refractivity contribution in [1.29, 1.82) is 0 Å². The van der Waals surface area contributed by atoms with Crippen LogP contribution in [0, 0.1) is 10.1 Å². The van der Waals surface area contributed by atoms with Crippen LogP contribution in [0.5, 0.6) is 0 Å². The highest BCUT2D eigenvalue weighted by Gasteiger charge is 2.24. The Hall–Kier alpha value is -2.21. The second kappa shape index (κ2) is 6.91. The van der Waals surface area contributed by atoms with E-state index in [-0.39, 0.29) is 11.6 Å². The second-order valence-corrected chi connectivity index (χ2v) is 6.59. The lowest BCUT2D eigenvalue weighted by molar-refractivity contribution is -0.384. The van der Waals surface area contributed by atoms with Gasteiger partial charge in [-0.3, -0.25) is 14.9 Å². The molecule has 1 saturated heterocycles. The lowest BCUT2D eigenvalue weighted by atomic mass is 9.91. The van der Waals surface area contributed by atoms with Gasteiger partial charge in [0.25, 0.3) is 5.69 Å². The van der Waals surface area contributed by atoms with E-state index in [4.69, 9.17) is 0 Å². The van der Waals surface area contributed by atoms with Crippen LogP contribution in [0.3, 0.4) is 0 Å². The summed E-state index contributed by atoms with van der Waals surface area (Å²) in [5.74, 6) is 0.660. The Labute approximate surface area is 138 Å². The van der Waals surface area contributed by atoms with Crippen molar-refractivity contribution in [2.24, 2.45) is 0 Å². The number of nitro benzene ring substituents is 1. The standard InChI is InChI=1S/C17H18N2O3S/c20-17(11-13-1-3-16(4-2-13)19(21)22)18-8-5-14(6-9-18)15-7-10-23-12-15/h1-4,7,10,12,14H,5-6,8-9,11H2. The third kappa shape index (κ3) is 3.76. The first-order valence-corrected chi connectivity index (χ1v) is 8.61. The third-order valence-corrected chi connectivity index (χ3v) is 5.07. The molecule has 3 rings (SSSR count). The van der Waals surface area contributed by atoms with E-state index in [0.717, 1.165) is 31.5 Å². The maximum Gasteiger partial charge on any atom is 0.269 e. The molecule has 0 radical (unpaired) electrons. The quantitative estimate of drug-likeness (QED) is 0.635. The van der Waals surface area contributed by atoms with Gasteiger partial charge in [-0.25, -0.2) is 0 Å². The molecule has 0 unspecified atom stereocenters. The van der Waals surface area contributed by atoms with Crippen molar-refractivity contribution in [2.75, 3.05) is 13.1 Å². The van der Waals surface area contributed by atoms with Crippen LogP contribution >= 0.6 is 11.3 Å². The summed E-state index contributed by atoms with van der Waals surface area (Å²) in [4.78, 5) is 24.5. The average Bonchev–Trinajstić information content (AvgIpc) is 3.10. The molecule has 2 aromatic rings. The lowest BCUT2D eigenvalue weighted by Crippen LogP contribution is -2.38. The van der Waals surface area contributed by atoms with Crippen LogP contribution < -0.4 is 0 Å². The molecule has 2 heterocycles. The maximum atomic E-state index is 12.4. The summed E-state index contributed by atoms with van der Waals surface area (Å²) in [7, 11) is 0. The highest BCUT2D eigenvalue weighted by atomic mass is 32.1.